The SMILES string of the molecule is CCOP(=O)(Cc1ccc(Nc2nc(N)ncc2C(F)(F)F)cn1)OCC. The van der Waals surface area contributed by atoms with Crippen molar-refractivity contribution in [3.8, 4) is 0 Å². The first-order valence-electron chi connectivity index (χ1n) is 7.96. The zero-order valence-corrected chi connectivity index (χ0v) is 15.5. The number of hydrogen-bond donors (Lipinski definition) is 2. The van der Waals surface area contributed by atoms with Crippen LogP contribution in [0.1, 0.15) is 25.1 Å². The summed E-state index contributed by atoms with van der Waals surface area (Å²) >= 11 is 0. The van der Waals surface area contributed by atoms with E-state index >= 15 is 0 Å². The highest BCUT2D eigenvalue weighted by Crippen LogP contribution is 2.50. The van der Waals surface area contributed by atoms with Crippen LogP contribution in [0, 0.1) is 0 Å². The van der Waals surface area contributed by atoms with Crippen LogP contribution in [0.3, 0.4) is 0 Å². The molecule has 2 rings (SSSR count). The molecule has 0 bridgehead atoms. The van der Waals surface area contributed by atoms with Gasteiger partial charge in [-0.05, 0) is 26.0 Å². The molecule has 0 saturated heterocycles. The summed E-state index contributed by atoms with van der Waals surface area (Å²) in [6.07, 6.45) is -2.81. The summed E-state index contributed by atoms with van der Waals surface area (Å²) in [5, 5.41) is 2.52. The van der Waals surface area contributed by atoms with Crippen LogP contribution in [0.15, 0.2) is 24.5 Å². The largest absolute Gasteiger partial charge is 0.421 e. The van der Waals surface area contributed by atoms with E-state index in [1.807, 2.05) is 0 Å². The van der Waals surface area contributed by atoms with Gasteiger partial charge in [-0.25, -0.2) is 4.98 Å². The van der Waals surface area contributed by atoms with Gasteiger partial charge in [-0.1, -0.05) is 0 Å². The maximum Gasteiger partial charge on any atom is 0.421 e. The zero-order valence-electron chi connectivity index (χ0n) is 14.7. The van der Waals surface area contributed by atoms with Crippen molar-refractivity contribution in [2.24, 2.45) is 0 Å². The summed E-state index contributed by atoms with van der Waals surface area (Å²) in [6, 6.07) is 2.98. The summed E-state index contributed by atoms with van der Waals surface area (Å²) in [4.78, 5) is 11.0. The number of aromatic nitrogens is 3. The maximum atomic E-state index is 13.0. The predicted octanol–water partition coefficient (Wildman–Crippen LogP) is 3.98. The molecule has 0 radical (unpaired) electrons. The summed E-state index contributed by atoms with van der Waals surface area (Å²) < 4.78 is 62.0. The molecule has 0 atom stereocenters. The standard InChI is InChI=1S/C15H19F3N5O3P/c1-3-25-27(24,26-4-2)9-11-6-5-10(7-20-11)22-13-12(15(16,17)18)8-21-14(19)23-13/h5-8H,3-4,9H2,1-2H3,(H3,19,21,22,23). The molecule has 0 aliphatic carbocycles. The number of nitrogens with two attached hydrogens (primary N) is 1. The lowest BCUT2D eigenvalue weighted by molar-refractivity contribution is -0.137. The highest BCUT2D eigenvalue weighted by Gasteiger charge is 2.35. The molecule has 0 aromatic carbocycles. The second-order valence-electron chi connectivity index (χ2n) is 5.26. The van der Waals surface area contributed by atoms with Crippen molar-refractivity contribution in [3.05, 3.63) is 35.8 Å². The van der Waals surface area contributed by atoms with Crippen LogP contribution in [0.4, 0.5) is 30.6 Å². The fourth-order valence-corrected chi connectivity index (χ4v) is 3.78. The van der Waals surface area contributed by atoms with Crippen molar-refractivity contribution in [3.63, 3.8) is 0 Å². The average molecular weight is 405 g/mol. The Morgan fingerprint density at radius 2 is 1.81 bits per heavy atom. The number of alkyl halides is 3. The number of anilines is 3. The summed E-state index contributed by atoms with van der Waals surface area (Å²) in [5.41, 5.74) is 4.96. The van der Waals surface area contributed by atoms with E-state index in [1.54, 1.807) is 13.8 Å². The lowest BCUT2D eigenvalue weighted by Gasteiger charge is -2.17. The van der Waals surface area contributed by atoms with Gasteiger partial charge in [0.05, 0.1) is 37.0 Å². The normalized spacial score (nSPS) is 12.2. The quantitative estimate of drug-likeness (QED) is 0.634. The molecule has 148 valence electrons. The van der Waals surface area contributed by atoms with E-state index in [0.717, 1.165) is 0 Å². The van der Waals surface area contributed by atoms with Gasteiger partial charge in [0, 0.05) is 6.20 Å². The summed E-state index contributed by atoms with van der Waals surface area (Å²) in [5.74, 6) is -0.789. The second kappa shape index (κ2) is 8.64. The number of pyridine rings is 1. The fraction of sp³-hybridized carbons (Fsp3) is 0.400. The topological polar surface area (TPSA) is 112 Å². The Labute approximate surface area is 153 Å². The van der Waals surface area contributed by atoms with Crippen LogP contribution >= 0.6 is 7.60 Å². The van der Waals surface area contributed by atoms with Gasteiger partial charge in [-0.3, -0.25) is 9.55 Å². The van der Waals surface area contributed by atoms with Gasteiger partial charge in [0.15, 0.2) is 0 Å². The van der Waals surface area contributed by atoms with E-state index in [1.165, 1.54) is 18.3 Å². The molecule has 2 aromatic heterocycles. The van der Waals surface area contributed by atoms with E-state index in [2.05, 4.69) is 20.3 Å². The van der Waals surface area contributed by atoms with Gasteiger partial charge >= 0.3 is 13.8 Å². The molecular formula is C15H19F3N5O3P. The monoisotopic (exact) mass is 405 g/mol. The third-order valence-electron chi connectivity index (χ3n) is 3.21. The Bertz CT molecular complexity index is 807. The Balaban J connectivity index is 2.19. The van der Waals surface area contributed by atoms with Gasteiger partial charge in [0.1, 0.15) is 11.4 Å². The van der Waals surface area contributed by atoms with Crippen molar-refractivity contribution in [2.75, 3.05) is 24.3 Å². The molecule has 12 heteroatoms. The van der Waals surface area contributed by atoms with Gasteiger partial charge in [-0.2, -0.15) is 18.2 Å². The number of hydrogen-bond acceptors (Lipinski definition) is 8. The van der Waals surface area contributed by atoms with Crippen LogP contribution < -0.4 is 11.1 Å². The van der Waals surface area contributed by atoms with Gasteiger partial charge < -0.3 is 20.1 Å². The van der Waals surface area contributed by atoms with Crippen molar-refractivity contribution in [2.45, 2.75) is 26.2 Å². The van der Waals surface area contributed by atoms with Crippen molar-refractivity contribution in [1.82, 2.24) is 15.0 Å². The van der Waals surface area contributed by atoms with E-state index in [-0.39, 0.29) is 31.0 Å². The molecule has 2 heterocycles. The molecule has 0 aliphatic heterocycles. The van der Waals surface area contributed by atoms with Crippen molar-refractivity contribution < 1.29 is 26.8 Å². The Morgan fingerprint density at radius 1 is 1.15 bits per heavy atom. The number of rotatable bonds is 8. The Kier molecular flexibility index (Phi) is 6.74. The molecule has 0 amide bonds. The van der Waals surface area contributed by atoms with Gasteiger partial charge in [0.2, 0.25) is 5.95 Å². The molecule has 27 heavy (non-hydrogen) atoms. The van der Waals surface area contributed by atoms with Crippen LogP contribution in [-0.2, 0) is 26.0 Å². The summed E-state index contributed by atoms with van der Waals surface area (Å²) in [6.45, 7) is 3.81. The van der Waals surface area contributed by atoms with Crippen molar-refractivity contribution in [1.29, 1.82) is 0 Å². The minimum atomic E-state index is -4.65. The number of nitrogens with zero attached hydrogens (tertiary/aromatic N) is 3. The Morgan fingerprint density at radius 3 is 2.33 bits per heavy atom. The van der Waals surface area contributed by atoms with Gasteiger partial charge in [-0.15, -0.1) is 0 Å². The first-order chi connectivity index (χ1) is 12.7. The molecular weight excluding hydrogens is 386 g/mol. The number of nitrogen functional groups attached to an aromatic ring is 1. The predicted molar refractivity (Wildman–Crippen MR) is 93.5 cm³/mol. The molecule has 0 saturated carbocycles. The average Bonchev–Trinajstić information content (AvgIpc) is 2.56. The van der Waals surface area contributed by atoms with Crippen LogP contribution in [-0.4, -0.2) is 28.2 Å². The third-order valence-corrected chi connectivity index (χ3v) is 5.22. The van der Waals surface area contributed by atoms with E-state index < -0.39 is 25.2 Å². The molecule has 0 fully saturated rings. The zero-order chi connectivity index (χ0) is 20.1. The molecule has 0 aliphatic rings. The van der Waals surface area contributed by atoms with Crippen LogP contribution in [0.5, 0.6) is 0 Å². The first-order valence-corrected chi connectivity index (χ1v) is 9.69. The van der Waals surface area contributed by atoms with Crippen LogP contribution in [0.2, 0.25) is 0 Å². The smallest absolute Gasteiger partial charge is 0.368 e. The highest BCUT2D eigenvalue weighted by molar-refractivity contribution is 7.53. The van der Waals surface area contributed by atoms with Crippen molar-refractivity contribution >= 4 is 25.0 Å². The lowest BCUT2D eigenvalue weighted by atomic mass is 10.3. The van der Waals surface area contributed by atoms with Gasteiger partial charge in [0.25, 0.3) is 0 Å². The molecule has 0 unspecified atom stereocenters. The fourth-order valence-electron chi connectivity index (χ4n) is 2.15. The molecule has 0 spiro atoms. The van der Waals surface area contributed by atoms with Crippen LogP contribution in [0.25, 0.3) is 0 Å². The molecule has 8 nitrogen and oxygen atoms in total. The Hall–Kier alpha value is -2.23. The number of halogens is 3. The third kappa shape index (κ3) is 5.88. The van der Waals surface area contributed by atoms with E-state index in [0.29, 0.717) is 11.9 Å². The maximum absolute atomic E-state index is 13.0. The van der Waals surface area contributed by atoms with E-state index in [4.69, 9.17) is 14.8 Å². The second-order valence-corrected chi connectivity index (χ2v) is 7.31. The number of nitrogens with one attached hydrogen (secondary N) is 1. The molecule has 3 N–H and O–H groups in total. The minimum absolute atomic E-state index is 0.0524. The highest BCUT2D eigenvalue weighted by atomic mass is 31.2. The molecule has 2 aromatic rings. The summed E-state index contributed by atoms with van der Waals surface area (Å²) in [7, 11) is -3.33. The van der Waals surface area contributed by atoms with E-state index in [9.17, 15) is 17.7 Å². The minimum Gasteiger partial charge on any atom is -0.368 e. The first kappa shape index (κ1) is 21.1. The lowest BCUT2D eigenvalue weighted by Crippen LogP contribution is -2.12.